The van der Waals surface area contributed by atoms with Crippen molar-refractivity contribution < 1.29 is 20.1 Å². The van der Waals surface area contributed by atoms with Crippen LogP contribution in [0.1, 0.15) is 15.9 Å². The Kier molecular flexibility index (Phi) is 3.85. The summed E-state index contributed by atoms with van der Waals surface area (Å²) in [6.07, 6.45) is 1.40. The van der Waals surface area contributed by atoms with Gasteiger partial charge in [0.15, 0.2) is 0 Å². The molecule has 4 N–H and O–H groups in total. The molecule has 0 fully saturated rings. The highest BCUT2D eigenvalue weighted by atomic mass is 16.3. The van der Waals surface area contributed by atoms with E-state index in [1.165, 1.54) is 30.5 Å². The SMILES string of the molecule is O=C(NN=Cc1ccc(O)cc1)c1cc(O)cc(O)c1. The van der Waals surface area contributed by atoms with Crippen molar-refractivity contribution in [2.75, 3.05) is 0 Å². The molecule has 6 nitrogen and oxygen atoms in total. The lowest BCUT2D eigenvalue weighted by atomic mass is 10.2. The van der Waals surface area contributed by atoms with Crippen molar-refractivity contribution in [3.05, 3.63) is 53.6 Å². The van der Waals surface area contributed by atoms with E-state index >= 15 is 0 Å². The number of phenols is 3. The minimum absolute atomic E-state index is 0.0883. The smallest absolute Gasteiger partial charge is 0.271 e. The molecule has 0 atom stereocenters. The molecule has 0 saturated carbocycles. The maximum Gasteiger partial charge on any atom is 0.271 e. The molecule has 0 aliphatic heterocycles. The number of hydrogen-bond acceptors (Lipinski definition) is 5. The first-order valence-corrected chi connectivity index (χ1v) is 5.70. The van der Waals surface area contributed by atoms with E-state index in [1.54, 1.807) is 12.1 Å². The van der Waals surface area contributed by atoms with E-state index in [1.807, 2.05) is 0 Å². The first kappa shape index (κ1) is 13.4. The van der Waals surface area contributed by atoms with E-state index in [2.05, 4.69) is 10.5 Å². The first-order chi connectivity index (χ1) is 9.54. The van der Waals surface area contributed by atoms with Gasteiger partial charge in [-0.2, -0.15) is 5.10 Å². The predicted molar refractivity (Wildman–Crippen MR) is 72.9 cm³/mol. The monoisotopic (exact) mass is 272 g/mol. The summed E-state index contributed by atoms with van der Waals surface area (Å²) in [5, 5.41) is 31.4. The summed E-state index contributed by atoms with van der Waals surface area (Å²) in [6.45, 7) is 0. The second-order valence-electron chi connectivity index (χ2n) is 4.03. The van der Waals surface area contributed by atoms with E-state index in [0.717, 1.165) is 6.07 Å². The zero-order chi connectivity index (χ0) is 14.5. The van der Waals surface area contributed by atoms with Crippen LogP contribution in [-0.4, -0.2) is 27.4 Å². The number of nitrogens with zero attached hydrogens (tertiary/aromatic N) is 1. The van der Waals surface area contributed by atoms with E-state index in [4.69, 9.17) is 5.11 Å². The summed E-state index contributed by atoms with van der Waals surface area (Å²) >= 11 is 0. The summed E-state index contributed by atoms with van der Waals surface area (Å²) in [5.74, 6) is -0.844. The van der Waals surface area contributed by atoms with Crippen molar-refractivity contribution in [3.8, 4) is 17.2 Å². The van der Waals surface area contributed by atoms with Crippen molar-refractivity contribution in [2.24, 2.45) is 5.10 Å². The van der Waals surface area contributed by atoms with Crippen LogP contribution in [0.4, 0.5) is 0 Å². The summed E-state index contributed by atoms with van der Waals surface area (Å²) < 4.78 is 0. The molecule has 2 aromatic rings. The fourth-order valence-electron chi connectivity index (χ4n) is 1.52. The quantitative estimate of drug-likeness (QED) is 0.503. The van der Waals surface area contributed by atoms with Gasteiger partial charge in [-0.05, 0) is 42.0 Å². The fourth-order valence-corrected chi connectivity index (χ4v) is 1.52. The molecule has 0 spiro atoms. The minimum atomic E-state index is -0.564. The number of benzene rings is 2. The molecule has 6 heteroatoms. The number of carbonyl (C=O) groups excluding carboxylic acids is 1. The van der Waals surface area contributed by atoms with Crippen molar-refractivity contribution in [1.29, 1.82) is 0 Å². The molecule has 0 aliphatic carbocycles. The molecule has 0 radical (unpaired) electrons. The zero-order valence-corrected chi connectivity index (χ0v) is 10.3. The number of carbonyl (C=O) groups is 1. The Labute approximate surface area is 114 Å². The molecule has 102 valence electrons. The van der Waals surface area contributed by atoms with Crippen molar-refractivity contribution in [1.82, 2.24) is 5.43 Å². The van der Waals surface area contributed by atoms with Crippen LogP contribution >= 0.6 is 0 Å². The van der Waals surface area contributed by atoms with E-state index in [-0.39, 0.29) is 22.8 Å². The Hall–Kier alpha value is -3.02. The molecule has 0 unspecified atom stereocenters. The Morgan fingerprint density at radius 2 is 1.55 bits per heavy atom. The molecular formula is C14H12N2O4. The van der Waals surface area contributed by atoms with Gasteiger partial charge in [-0.3, -0.25) is 4.79 Å². The maximum absolute atomic E-state index is 11.7. The van der Waals surface area contributed by atoms with Gasteiger partial charge in [0.2, 0.25) is 0 Å². The standard InChI is InChI=1S/C14H12N2O4/c17-11-3-1-9(2-4-11)8-15-16-14(20)10-5-12(18)7-13(19)6-10/h1-8,17-19H,(H,16,20). The van der Waals surface area contributed by atoms with E-state index in [0.29, 0.717) is 5.56 Å². The van der Waals surface area contributed by atoms with Crippen LogP contribution in [0.15, 0.2) is 47.6 Å². The summed E-state index contributed by atoms with van der Waals surface area (Å²) in [6, 6.07) is 9.80. The molecular weight excluding hydrogens is 260 g/mol. The fraction of sp³-hybridized carbons (Fsp3) is 0. The molecule has 0 heterocycles. The van der Waals surface area contributed by atoms with Gasteiger partial charge in [0.1, 0.15) is 17.2 Å². The molecule has 0 aliphatic rings. The Morgan fingerprint density at radius 1 is 0.950 bits per heavy atom. The number of aromatic hydroxyl groups is 3. The van der Waals surface area contributed by atoms with Crippen molar-refractivity contribution in [3.63, 3.8) is 0 Å². The number of hydrogen-bond donors (Lipinski definition) is 4. The normalized spacial score (nSPS) is 10.6. The second-order valence-corrected chi connectivity index (χ2v) is 4.03. The molecule has 2 aromatic carbocycles. The number of amides is 1. The third-order valence-corrected chi connectivity index (χ3v) is 2.44. The average molecular weight is 272 g/mol. The Bertz CT molecular complexity index is 630. The topological polar surface area (TPSA) is 102 Å². The summed E-state index contributed by atoms with van der Waals surface area (Å²) in [4.78, 5) is 11.7. The highest BCUT2D eigenvalue weighted by molar-refractivity contribution is 5.95. The van der Waals surface area contributed by atoms with Crippen LogP contribution in [0.3, 0.4) is 0 Å². The van der Waals surface area contributed by atoms with E-state index in [9.17, 15) is 15.0 Å². The van der Waals surface area contributed by atoms with Crippen LogP contribution in [0.2, 0.25) is 0 Å². The minimum Gasteiger partial charge on any atom is -0.508 e. The second kappa shape index (κ2) is 5.75. The van der Waals surface area contributed by atoms with E-state index < -0.39 is 5.91 Å². The first-order valence-electron chi connectivity index (χ1n) is 5.70. The van der Waals surface area contributed by atoms with Crippen LogP contribution in [0.25, 0.3) is 0 Å². The summed E-state index contributed by atoms with van der Waals surface area (Å²) in [7, 11) is 0. The van der Waals surface area contributed by atoms with Crippen LogP contribution in [0, 0.1) is 0 Å². The Balaban J connectivity index is 2.03. The molecule has 0 aromatic heterocycles. The van der Waals surface area contributed by atoms with Crippen LogP contribution in [0.5, 0.6) is 17.2 Å². The number of nitrogens with one attached hydrogen (secondary N) is 1. The number of phenolic OH excluding ortho intramolecular Hbond substituents is 3. The molecule has 1 amide bonds. The zero-order valence-electron chi connectivity index (χ0n) is 10.3. The average Bonchev–Trinajstić information content (AvgIpc) is 2.40. The van der Waals surface area contributed by atoms with Gasteiger partial charge in [-0.15, -0.1) is 0 Å². The molecule has 2 rings (SSSR count). The third-order valence-electron chi connectivity index (χ3n) is 2.44. The largest absolute Gasteiger partial charge is 0.508 e. The molecule has 0 bridgehead atoms. The molecule has 20 heavy (non-hydrogen) atoms. The third kappa shape index (κ3) is 3.49. The van der Waals surface area contributed by atoms with Gasteiger partial charge >= 0.3 is 0 Å². The lowest BCUT2D eigenvalue weighted by Crippen LogP contribution is -2.17. The van der Waals surface area contributed by atoms with Gasteiger partial charge in [0.05, 0.1) is 6.21 Å². The van der Waals surface area contributed by atoms with Gasteiger partial charge in [0, 0.05) is 11.6 Å². The molecule has 0 saturated heterocycles. The highest BCUT2D eigenvalue weighted by Gasteiger charge is 2.07. The van der Waals surface area contributed by atoms with Gasteiger partial charge < -0.3 is 15.3 Å². The number of rotatable bonds is 3. The van der Waals surface area contributed by atoms with Crippen LogP contribution < -0.4 is 5.43 Å². The van der Waals surface area contributed by atoms with Crippen molar-refractivity contribution >= 4 is 12.1 Å². The lowest BCUT2D eigenvalue weighted by molar-refractivity contribution is 0.0954. The van der Waals surface area contributed by atoms with Gasteiger partial charge in [0.25, 0.3) is 5.91 Å². The van der Waals surface area contributed by atoms with Crippen LogP contribution in [-0.2, 0) is 0 Å². The maximum atomic E-state index is 11.7. The highest BCUT2D eigenvalue weighted by Crippen LogP contribution is 2.20. The van der Waals surface area contributed by atoms with Crippen molar-refractivity contribution in [2.45, 2.75) is 0 Å². The van der Waals surface area contributed by atoms with Gasteiger partial charge in [-0.1, -0.05) is 0 Å². The predicted octanol–water partition coefficient (Wildman–Crippen LogP) is 1.57. The summed E-state index contributed by atoms with van der Waals surface area (Å²) in [5.41, 5.74) is 3.05. The van der Waals surface area contributed by atoms with Gasteiger partial charge in [-0.25, -0.2) is 5.43 Å². The Morgan fingerprint density at radius 3 is 2.15 bits per heavy atom. The number of hydrazone groups is 1. The lowest BCUT2D eigenvalue weighted by Gasteiger charge is -2.02.